The number of nitrogens with zero attached hydrogens (tertiary/aromatic N) is 1. The molecule has 1 spiro atoms. The first kappa shape index (κ1) is 14.2. The summed E-state index contributed by atoms with van der Waals surface area (Å²) in [6, 6.07) is 0. The summed E-state index contributed by atoms with van der Waals surface area (Å²) in [5.41, 5.74) is -0.195. The third-order valence-corrected chi connectivity index (χ3v) is 5.20. The normalized spacial score (nSPS) is 28.3. The molecule has 1 aliphatic carbocycles. The molecule has 0 aromatic heterocycles. The molecule has 104 valence electrons. The van der Waals surface area contributed by atoms with E-state index in [1.807, 2.05) is 11.8 Å². The molecular formula is C14H26N2OS. The van der Waals surface area contributed by atoms with Crippen LogP contribution < -0.4 is 5.32 Å². The first-order valence-electron chi connectivity index (χ1n) is 7.20. The zero-order valence-electron chi connectivity index (χ0n) is 11.9. The van der Waals surface area contributed by atoms with Gasteiger partial charge in [-0.15, -0.1) is 0 Å². The molecule has 0 radical (unpaired) electrons. The lowest BCUT2D eigenvalue weighted by molar-refractivity contribution is -0.133. The van der Waals surface area contributed by atoms with Gasteiger partial charge in [0.1, 0.15) is 0 Å². The minimum atomic E-state index is -0.195. The van der Waals surface area contributed by atoms with Crippen LogP contribution in [0, 0.1) is 5.92 Å². The van der Waals surface area contributed by atoms with E-state index in [0.29, 0.717) is 11.8 Å². The Bertz CT molecular complexity index is 302. The van der Waals surface area contributed by atoms with Crippen molar-refractivity contribution in [2.24, 2.45) is 5.92 Å². The van der Waals surface area contributed by atoms with E-state index < -0.39 is 0 Å². The van der Waals surface area contributed by atoms with Gasteiger partial charge in [-0.25, -0.2) is 0 Å². The van der Waals surface area contributed by atoms with E-state index in [1.165, 1.54) is 12.8 Å². The number of hydrogen-bond donors (Lipinski definition) is 1. The third kappa shape index (κ3) is 2.55. The maximum absolute atomic E-state index is 12.7. The molecule has 0 aromatic carbocycles. The summed E-state index contributed by atoms with van der Waals surface area (Å²) in [5, 5.41) is 3.63. The van der Waals surface area contributed by atoms with E-state index in [2.05, 4.69) is 30.3 Å². The Morgan fingerprint density at radius 2 is 2.17 bits per heavy atom. The number of thioether (sulfide) groups is 1. The standard InChI is InChI=1S/C14H26N2OS/c1-4-12-15-14(7-5-6-8-14)13(17)16(12)9-11(2)10-18-3/h11-12,15H,4-10H2,1-3H3. The fourth-order valence-electron chi connectivity index (χ4n) is 3.42. The summed E-state index contributed by atoms with van der Waals surface area (Å²) in [7, 11) is 0. The topological polar surface area (TPSA) is 32.3 Å². The van der Waals surface area contributed by atoms with E-state index in [4.69, 9.17) is 0 Å². The van der Waals surface area contributed by atoms with Crippen molar-refractivity contribution in [3.63, 3.8) is 0 Å². The van der Waals surface area contributed by atoms with Crippen LogP contribution in [-0.4, -0.2) is 41.1 Å². The molecule has 2 aliphatic rings. The number of rotatable bonds is 5. The molecule has 2 atom stereocenters. The molecule has 1 amide bonds. The average molecular weight is 270 g/mol. The molecule has 1 saturated carbocycles. The predicted octanol–water partition coefficient (Wildman–Crippen LogP) is 2.47. The van der Waals surface area contributed by atoms with E-state index in [-0.39, 0.29) is 11.7 Å². The molecule has 1 aliphatic heterocycles. The highest BCUT2D eigenvalue weighted by molar-refractivity contribution is 7.98. The maximum atomic E-state index is 12.7. The Morgan fingerprint density at radius 1 is 1.50 bits per heavy atom. The molecule has 18 heavy (non-hydrogen) atoms. The van der Waals surface area contributed by atoms with Gasteiger partial charge < -0.3 is 4.90 Å². The zero-order valence-corrected chi connectivity index (χ0v) is 12.7. The lowest BCUT2D eigenvalue weighted by Crippen LogP contribution is -2.44. The second-order valence-electron chi connectivity index (χ2n) is 5.88. The van der Waals surface area contributed by atoms with E-state index in [9.17, 15) is 4.79 Å². The van der Waals surface area contributed by atoms with Gasteiger partial charge in [-0.2, -0.15) is 11.8 Å². The van der Waals surface area contributed by atoms with Crippen LogP contribution >= 0.6 is 11.8 Å². The van der Waals surface area contributed by atoms with E-state index in [1.54, 1.807) is 0 Å². The molecular weight excluding hydrogens is 244 g/mol. The van der Waals surface area contributed by atoms with Crippen LogP contribution in [0.1, 0.15) is 46.0 Å². The van der Waals surface area contributed by atoms with Crippen LogP contribution in [0.25, 0.3) is 0 Å². The van der Waals surface area contributed by atoms with Crippen LogP contribution in [0.15, 0.2) is 0 Å². The highest BCUT2D eigenvalue weighted by atomic mass is 32.2. The number of carbonyl (C=O) groups excluding carboxylic acids is 1. The van der Waals surface area contributed by atoms with Crippen LogP contribution in [0.5, 0.6) is 0 Å². The van der Waals surface area contributed by atoms with E-state index >= 15 is 0 Å². The first-order valence-corrected chi connectivity index (χ1v) is 8.60. The second-order valence-corrected chi connectivity index (χ2v) is 6.79. The second kappa shape index (κ2) is 5.83. The molecule has 3 nitrogen and oxygen atoms in total. The van der Waals surface area contributed by atoms with Crippen molar-refractivity contribution >= 4 is 17.7 Å². The molecule has 1 saturated heterocycles. The molecule has 2 rings (SSSR count). The summed E-state index contributed by atoms with van der Waals surface area (Å²) < 4.78 is 0. The summed E-state index contributed by atoms with van der Waals surface area (Å²) in [6.07, 6.45) is 7.88. The van der Waals surface area contributed by atoms with Crippen molar-refractivity contribution in [2.75, 3.05) is 18.6 Å². The van der Waals surface area contributed by atoms with Gasteiger partial charge in [0.2, 0.25) is 5.91 Å². The molecule has 2 unspecified atom stereocenters. The molecule has 0 aromatic rings. The fourth-order valence-corrected chi connectivity index (χ4v) is 4.09. The van der Waals surface area contributed by atoms with Crippen molar-refractivity contribution in [1.29, 1.82) is 0 Å². The van der Waals surface area contributed by atoms with Crippen LogP contribution in [0.2, 0.25) is 0 Å². The minimum Gasteiger partial charge on any atom is -0.325 e. The first-order chi connectivity index (χ1) is 8.63. The molecule has 0 bridgehead atoms. The Kier molecular flexibility index (Phi) is 4.59. The van der Waals surface area contributed by atoms with Crippen molar-refractivity contribution in [3.05, 3.63) is 0 Å². The summed E-state index contributed by atoms with van der Waals surface area (Å²) >= 11 is 1.87. The van der Waals surface area contributed by atoms with Gasteiger partial charge in [-0.3, -0.25) is 10.1 Å². The number of nitrogens with one attached hydrogen (secondary N) is 1. The summed E-state index contributed by atoms with van der Waals surface area (Å²) in [6.45, 7) is 5.33. The van der Waals surface area contributed by atoms with Gasteiger partial charge in [0.15, 0.2) is 0 Å². The Hall–Kier alpha value is -0.220. The van der Waals surface area contributed by atoms with E-state index in [0.717, 1.165) is 31.6 Å². The van der Waals surface area contributed by atoms with Crippen LogP contribution in [0.3, 0.4) is 0 Å². The van der Waals surface area contributed by atoms with Crippen molar-refractivity contribution in [1.82, 2.24) is 10.2 Å². The number of hydrogen-bond acceptors (Lipinski definition) is 3. The van der Waals surface area contributed by atoms with Crippen molar-refractivity contribution < 1.29 is 4.79 Å². The quantitative estimate of drug-likeness (QED) is 0.833. The van der Waals surface area contributed by atoms with Gasteiger partial charge in [0.25, 0.3) is 0 Å². The SMILES string of the molecule is CCC1NC2(CCCC2)C(=O)N1CC(C)CSC. The fraction of sp³-hybridized carbons (Fsp3) is 0.929. The van der Waals surface area contributed by atoms with Crippen LogP contribution in [-0.2, 0) is 4.79 Å². The summed E-state index contributed by atoms with van der Waals surface area (Å²) in [5.74, 6) is 2.09. The maximum Gasteiger partial charge on any atom is 0.244 e. The Balaban J connectivity index is 2.06. The lowest BCUT2D eigenvalue weighted by Gasteiger charge is -2.26. The largest absolute Gasteiger partial charge is 0.325 e. The van der Waals surface area contributed by atoms with Gasteiger partial charge in [-0.05, 0) is 37.2 Å². The summed E-state index contributed by atoms with van der Waals surface area (Å²) in [4.78, 5) is 14.8. The minimum absolute atomic E-state index is 0.195. The monoisotopic (exact) mass is 270 g/mol. The average Bonchev–Trinajstić information content (AvgIpc) is 2.91. The molecule has 2 fully saturated rings. The zero-order chi connectivity index (χ0) is 13.2. The van der Waals surface area contributed by atoms with Gasteiger partial charge in [-0.1, -0.05) is 26.7 Å². The molecule has 1 N–H and O–H groups in total. The number of amides is 1. The smallest absolute Gasteiger partial charge is 0.244 e. The third-order valence-electron chi connectivity index (χ3n) is 4.29. The van der Waals surface area contributed by atoms with Gasteiger partial charge >= 0.3 is 0 Å². The highest BCUT2D eigenvalue weighted by Crippen LogP contribution is 2.37. The Morgan fingerprint density at radius 3 is 2.72 bits per heavy atom. The van der Waals surface area contributed by atoms with Crippen molar-refractivity contribution in [2.45, 2.75) is 57.7 Å². The molecule has 1 heterocycles. The van der Waals surface area contributed by atoms with Gasteiger partial charge in [0, 0.05) is 6.54 Å². The predicted molar refractivity (Wildman–Crippen MR) is 77.7 cm³/mol. The van der Waals surface area contributed by atoms with Crippen molar-refractivity contribution in [3.8, 4) is 0 Å². The van der Waals surface area contributed by atoms with Gasteiger partial charge in [0.05, 0.1) is 11.7 Å². The number of carbonyl (C=O) groups is 1. The van der Waals surface area contributed by atoms with Crippen LogP contribution in [0.4, 0.5) is 0 Å². The molecule has 4 heteroatoms. The highest BCUT2D eigenvalue weighted by Gasteiger charge is 2.51. The lowest BCUT2D eigenvalue weighted by atomic mass is 9.98. The Labute approximate surface area is 115 Å².